The molecule has 1 radical (unpaired) electrons. The van der Waals surface area contributed by atoms with Gasteiger partial charge in [-0.2, -0.15) is 0 Å². The van der Waals surface area contributed by atoms with Crippen LogP contribution in [-0.4, -0.2) is 8.88 Å². The van der Waals surface area contributed by atoms with E-state index in [-0.39, 0.29) is 32.7 Å². The van der Waals surface area contributed by atoms with E-state index in [2.05, 4.69) is 18.1 Å². The maximum absolute atomic E-state index is 3.87. The fourth-order valence-electron chi connectivity index (χ4n) is 0.522. The molecule has 1 rings (SSSR count). The molecule has 0 aliphatic rings. The molecule has 0 aromatic carbocycles. The van der Waals surface area contributed by atoms with Crippen molar-refractivity contribution in [1.29, 1.82) is 0 Å². The molecule has 3 heteroatoms. The van der Waals surface area contributed by atoms with Gasteiger partial charge in [0.2, 0.25) is 0 Å². The molecule has 0 aliphatic heterocycles. The largest absolute Gasteiger partial charge is 0 e. The van der Waals surface area contributed by atoms with Gasteiger partial charge in [0.05, 0.1) is 0 Å². The summed E-state index contributed by atoms with van der Waals surface area (Å²) in [5.41, 5.74) is 1.13. The Morgan fingerprint density at radius 3 is 2.70 bits per heavy atom. The van der Waals surface area contributed by atoms with Crippen molar-refractivity contribution in [2.75, 3.05) is 0 Å². The molecule has 0 saturated carbocycles. The van der Waals surface area contributed by atoms with Crippen LogP contribution in [0.4, 0.5) is 0 Å². The molecule has 49 valence electrons. The summed E-state index contributed by atoms with van der Waals surface area (Å²) in [5, 5.41) is 0. The van der Waals surface area contributed by atoms with Crippen LogP contribution in [0.1, 0.15) is 12.5 Å². The van der Waals surface area contributed by atoms with Crippen LogP contribution in [0, 0.1) is 6.20 Å². The molecule has 1 heterocycles. The first-order valence-electron chi connectivity index (χ1n) is 2.64. The minimum absolute atomic E-state index is 0. The van der Waals surface area contributed by atoms with E-state index in [9.17, 15) is 0 Å². The normalized spacial score (nSPS) is 8.10. The molecule has 0 fully saturated rings. The second-order valence-electron chi connectivity index (χ2n) is 1.72. The Morgan fingerprint density at radius 2 is 2.40 bits per heavy atom. The van der Waals surface area contributed by atoms with Crippen LogP contribution in [0.2, 0.25) is 0 Å². The van der Waals surface area contributed by atoms with Gasteiger partial charge in [0.15, 0.2) is 0 Å². The summed E-state index contributed by atoms with van der Waals surface area (Å²) in [5.74, 6) is 0. The van der Waals surface area contributed by atoms with Crippen LogP contribution in [0.3, 0.4) is 0 Å². The number of aromatic nitrogens is 1. The molecule has 10 heavy (non-hydrogen) atoms. The van der Waals surface area contributed by atoms with Crippen molar-refractivity contribution in [2.45, 2.75) is 6.92 Å². The van der Waals surface area contributed by atoms with Crippen molar-refractivity contribution in [3.63, 3.8) is 0 Å². The smallest absolute Gasteiger partial charge is 0 e. The maximum atomic E-state index is 3.87. The third-order valence-corrected chi connectivity index (χ3v) is 1.78. The average Bonchev–Trinajstić information content (AvgIpc) is 1.90. The van der Waals surface area contributed by atoms with Crippen molar-refractivity contribution in [3.05, 3.63) is 30.1 Å². The van der Waals surface area contributed by atoms with Gasteiger partial charge < -0.3 is 0 Å². The zero-order chi connectivity index (χ0) is 6.69. The van der Waals surface area contributed by atoms with Gasteiger partial charge >= 0.3 is 65.2 Å². The Balaban J connectivity index is 0.000000810. The first-order chi connectivity index (χ1) is 4.30. The number of hydrogen-bond donors (Lipinski definition) is 0. The molecule has 1 nitrogen and oxygen atoms in total. The topological polar surface area (TPSA) is 12.9 Å². The van der Waals surface area contributed by atoms with Gasteiger partial charge in [-0.05, 0) is 0 Å². The van der Waals surface area contributed by atoms with Gasteiger partial charge in [0, 0.05) is 32.7 Å². The first-order valence-corrected chi connectivity index (χ1v) is 4.11. The molecule has 1 aromatic rings. The fourth-order valence-corrected chi connectivity index (χ4v) is 0.931. The number of rotatable bonds is 1. The van der Waals surface area contributed by atoms with Crippen molar-refractivity contribution >= 4 is 3.90 Å². The van der Waals surface area contributed by atoms with Crippen molar-refractivity contribution in [2.24, 2.45) is 0 Å². The molecule has 0 N–H and O–H groups in total. The zero-order valence-electron chi connectivity index (χ0n) is 5.66. The Hall–Kier alpha value is 0.812. The Bertz CT molecular complexity index is 210. The van der Waals surface area contributed by atoms with E-state index in [1.165, 1.54) is 23.3 Å². The van der Waals surface area contributed by atoms with E-state index in [0.29, 0.717) is 0 Å². The van der Waals surface area contributed by atoms with E-state index < -0.39 is 0 Å². The van der Waals surface area contributed by atoms with E-state index in [1.807, 2.05) is 12.1 Å². The zero-order valence-corrected chi connectivity index (χ0v) is 11.4. The molecule has 0 aliphatic carbocycles. The van der Waals surface area contributed by atoms with Crippen molar-refractivity contribution in [1.82, 2.24) is 4.98 Å². The van der Waals surface area contributed by atoms with Gasteiger partial charge in [0.1, 0.15) is 0 Å². The molecular formula is C7H6NWY-. The summed E-state index contributed by atoms with van der Waals surface area (Å²) in [4.78, 5) is 3.87. The molecule has 0 atom stereocenters. The van der Waals surface area contributed by atoms with Crippen molar-refractivity contribution < 1.29 is 52.1 Å². The molecule has 1 aromatic heterocycles. The molecule has 0 bridgehead atoms. The first kappa shape index (κ1) is 10.8. The summed E-state index contributed by atoms with van der Waals surface area (Å²) in [6.45, 7) is 2.09. The predicted octanol–water partition coefficient (Wildman–Crippen LogP) is 0.966. The predicted molar refractivity (Wildman–Crippen MR) is 32.9 cm³/mol. The van der Waals surface area contributed by atoms with Crippen LogP contribution in [-0.2, 0) is 52.1 Å². The number of pyridine rings is 1. The van der Waals surface area contributed by atoms with Gasteiger partial charge in [-0.15, -0.1) is 0 Å². The minimum atomic E-state index is 0. The standard InChI is InChI=1S/C7H6N.W.Y/c1-2-7-4-3-5-8-6-7;;/h3-5H,1H3;;/q-1;;. The van der Waals surface area contributed by atoms with Crippen molar-refractivity contribution in [3.8, 4) is 0 Å². The van der Waals surface area contributed by atoms with E-state index in [1.54, 1.807) is 6.20 Å². The number of nitrogens with zero attached hydrogens (tertiary/aromatic N) is 1. The van der Waals surface area contributed by atoms with Crippen LogP contribution in [0.25, 0.3) is 0 Å². The monoisotopic (exact) mass is 377 g/mol. The van der Waals surface area contributed by atoms with Crippen LogP contribution in [0.5, 0.6) is 0 Å². The fraction of sp³-hybridized carbons (Fsp3) is 0.143. The van der Waals surface area contributed by atoms with Crippen LogP contribution in [0.15, 0.2) is 18.3 Å². The van der Waals surface area contributed by atoms with E-state index in [0.717, 1.165) is 5.56 Å². The quantitative estimate of drug-likeness (QED) is 0.666. The second kappa shape index (κ2) is 5.46. The third kappa shape index (κ3) is 3.28. The van der Waals surface area contributed by atoms with Gasteiger partial charge in [-0.1, -0.05) is 0 Å². The Kier molecular flexibility index (Phi) is 5.90. The van der Waals surface area contributed by atoms with Crippen LogP contribution < -0.4 is 0 Å². The second-order valence-corrected chi connectivity index (χ2v) is 3.92. The summed E-state index contributed by atoms with van der Waals surface area (Å²) in [6, 6.07) is 3.95. The maximum Gasteiger partial charge on any atom is 0 e. The summed E-state index contributed by atoms with van der Waals surface area (Å²) in [7, 11) is 0. The minimum Gasteiger partial charge on any atom is 0 e. The summed E-state index contributed by atoms with van der Waals surface area (Å²) < 4.78 is 1.34. The van der Waals surface area contributed by atoms with Gasteiger partial charge in [-0.3, -0.25) is 0 Å². The van der Waals surface area contributed by atoms with E-state index in [4.69, 9.17) is 0 Å². The molecular weight excluding hydrogens is 371 g/mol. The Labute approximate surface area is 96.9 Å². The van der Waals surface area contributed by atoms with Crippen LogP contribution >= 0.6 is 0 Å². The molecule has 0 amide bonds. The van der Waals surface area contributed by atoms with Gasteiger partial charge in [0.25, 0.3) is 0 Å². The molecule has 0 unspecified atom stereocenters. The van der Waals surface area contributed by atoms with Gasteiger partial charge in [-0.25, -0.2) is 0 Å². The SMILES string of the molecule is C[C](=[W])c1[c-]nccc1.[Y]. The summed E-state index contributed by atoms with van der Waals surface area (Å²) in [6.07, 6.45) is 4.64. The third-order valence-electron chi connectivity index (χ3n) is 0.988. The average molecular weight is 377 g/mol. The Morgan fingerprint density at radius 1 is 1.70 bits per heavy atom. The molecule has 0 spiro atoms. The number of hydrogen-bond acceptors (Lipinski definition) is 1. The summed E-state index contributed by atoms with van der Waals surface area (Å²) >= 11 is 1.48. The molecule has 0 saturated heterocycles. The van der Waals surface area contributed by atoms with E-state index >= 15 is 0 Å².